The Morgan fingerprint density at radius 3 is 1.31 bits per heavy atom. The van der Waals surface area contributed by atoms with Gasteiger partial charge in [0.25, 0.3) is 0 Å². The lowest BCUT2D eigenvalue weighted by Gasteiger charge is -2.46. The zero-order valence-corrected chi connectivity index (χ0v) is 29.6. The predicted molar refractivity (Wildman–Crippen MR) is 164 cm³/mol. The van der Waals surface area contributed by atoms with Crippen molar-refractivity contribution >= 4 is 68.3 Å². The van der Waals surface area contributed by atoms with Crippen LogP contribution in [0.25, 0.3) is 0 Å². The number of nitrogens with one attached hydrogen (secondary N) is 2. The number of hydrogen-bond donors (Lipinski definition) is 2. The van der Waals surface area contributed by atoms with Crippen molar-refractivity contribution in [3.63, 3.8) is 0 Å². The highest BCUT2D eigenvalue weighted by Crippen LogP contribution is 2.38. The molecular formula is C28H40N2O17S2. The molecule has 0 aromatic heterocycles. The Balaban J connectivity index is 2.65. The molecule has 49 heavy (non-hydrogen) atoms. The second kappa shape index (κ2) is 18.8. The first-order chi connectivity index (χ1) is 22.8. The first-order valence-electron chi connectivity index (χ1n) is 14.7. The number of carbonyl (C=O) groups is 8. The van der Waals surface area contributed by atoms with Crippen LogP contribution in [0.4, 0.5) is 0 Å². The smallest absolute Gasteiger partial charge is 0.303 e. The van der Waals surface area contributed by atoms with Gasteiger partial charge in [0.1, 0.15) is 52.8 Å². The maximum absolute atomic E-state index is 14.3. The van der Waals surface area contributed by atoms with Crippen LogP contribution in [0, 0.1) is 0 Å². The molecule has 11 atom stereocenters. The Labute approximate surface area is 287 Å². The van der Waals surface area contributed by atoms with Crippen molar-refractivity contribution in [2.45, 2.75) is 115 Å². The van der Waals surface area contributed by atoms with Crippen LogP contribution in [0.3, 0.4) is 0 Å². The van der Waals surface area contributed by atoms with E-state index in [4.69, 9.17) is 37.9 Å². The molecule has 19 nitrogen and oxygen atoms in total. The van der Waals surface area contributed by atoms with Crippen molar-refractivity contribution in [2.24, 2.45) is 0 Å². The van der Waals surface area contributed by atoms with Gasteiger partial charge in [-0.2, -0.15) is 0 Å². The van der Waals surface area contributed by atoms with Gasteiger partial charge >= 0.3 is 35.8 Å². The van der Waals surface area contributed by atoms with Crippen LogP contribution in [-0.4, -0.2) is 125 Å². The normalized spacial score (nSPS) is 30.0. The number of ether oxygens (including phenoxy) is 8. The quantitative estimate of drug-likeness (QED) is 0.126. The van der Waals surface area contributed by atoms with Crippen LogP contribution in [0.15, 0.2) is 0 Å². The summed E-state index contributed by atoms with van der Waals surface area (Å²) in [5, 5.41) is 5.04. The highest BCUT2D eigenvalue weighted by molar-refractivity contribution is 8.69. The average Bonchev–Trinajstić information content (AvgIpc) is 2.94. The van der Waals surface area contributed by atoms with E-state index < -0.39 is 130 Å². The van der Waals surface area contributed by atoms with E-state index >= 15 is 0 Å². The molecular weight excluding hydrogens is 700 g/mol. The summed E-state index contributed by atoms with van der Waals surface area (Å²) in [6, 6.07) is -2.81. The van der Waals surface area contributed by atoms with E-state index in [1.807, 2.05) is 0 Å². The molecule has 0 aromatic carbocycles. The lowest BCUT2D eigenvalue weighted by Crippen LogP contribution is -2.67. The number of carbonyl (C=O) groups excluding carboxylic acids is 8. The Morgan fingerprint density at radius 2 is 0.918 bits per heavy atom. The van der Waals surface area contributed by atoms with Crippen molar-refractivity contribution in [1.82, 2.24) is 10.6 Å². The second-order valence-electron chi connectivity index (χ2n) is 10.8. The highest BCUT2D eigenvalue weighted by atomic mass is 33.1. The minimum atomic E-state index is -2.39. The summed E-state index contributed by atoms with van der Waals surface area (Å²) in [7, 11) is -1.90. The van der Waals surface area contributed by atoms with Gasteiger partial charge in [-0.3, -0.25) is 38.4 Å². The molecule has 2 saturated heterocycles. The summed E-state index contributed by atoms with van der Waals surface area (Å²) >= 11 is 0. The van der Waals surface area contributed by atoms with Crippen molar-refractivity contribution in [3.8, 4) is 0 Å². The van der Waals surface area contributed by atoms with Crippen LogP contribution >= 0.6 is 10.8 Å². The van der Waals surface area contributed by atoms with Crippen molar-refractivity contribution < 1.29 is 80.5 Å². The molecule has 276 valence electrons. The molecule has 0 aromatic rings. The van der Waals surface area contributed by atoms with E-state index in [0.717, 1.165) is 55.4 Å². The highest BCUT2D eigenvalue weighted by Gasteiger charge is 2.55. The van der Waals surface area contributed by atoms with E-state index in [1.165, 1.54) is 0 Å². The molecule has 2 aliphatic heterocycles. The Hall–Kier alpha value is -3.82. The number of amides is 2. The van der Waals surface area contributed by atoms with Gasteiger partial charge in [0.15, 0.2) is 29.9 Å². The fourth-order valence-electron chi connectivity index (χ4n) is 4.98. The SMILES string of the molecule is CC(=O)N[C@@H]1[C@@H](OC(C)=O)[C@H](OC(C)=O)[C@@H](COC(C)=O)O[C@@H]1SS(=O)[C@H]1O[C@H](COC(C)=O)[C@@H](OC(C)=O)[C@H](OC(C)=O)[C@H]1NC(C)=O. The van der Waals surface area contributed by atoms with Gasteiger partial charge in [-0.15, -0.1) is 0 Å². The third-order valence-corrected chi connectivity index (χ3v) is 9.80. The van der Waals surface area contributed by atoms with Gasteiger partial charge in [-0.25, -0.2) is 4.21 Å². The minimum absolute atomic E-state index is 0.491. The van der Waals surface area contributed by atoms with Gasteiger partial charge in [0.05, 0.1) is 0 Å². The van der Waals surface area contributed by atoms with E-state index in [2.05, 4.69) is 10.6 Å². The molecule has 0 saturated carbocycles. The lowest BCUT2D eigenvalue weighted by atomic mass is 9.97. The molecule has 0 spiro atoms. The molecule has 2 N–H and O–H groups in total. The van der Waals surface area contributed by atoms with Crippen molar-refractivity contribution in [1.29, 1.82) is 0 Å². The molecule has 2 aliphatic rings. The summed E-state index contributed by atoms with van der Waals surface area (Å²) in [5.74, 6) is -6.25. The maximum atomic E-state index is 14.3. The summed E-state index contributed by atoms with van der Waals surface area (Å²) in [6.07, 6.45) is -8.58. The number of hydrogen-bond acceptors (Lipinski definition) is 18. The monoisotopic (exact) mass is 740 g/mol. The fourth-order valence-corrected chi connectivity index (χ4v) is 8.38. The third kappa shape index (κ3) is 12.9. The van der Waals surface area contributed by atoms with Crippen LogP contribution in [0.1, 0.15) is 55.4 Å². The van der Waals surface area contributed by atoms with E-state index in [-0.39, 0.29) is 0 Å². The van der Waals surface area contributed by atoms with Gasteiger partial charge in [-0.1, -0.05) is 0 Å². The molecule has 2 rings (SSSR count). The van der Waals surface area contributed by atoms with Crippen LogP contribution in [-0.2, 0) is 86.1 Å². The Bertz CT molecular complexity index is 1310. The van der Waals surface area contributed by atoms with Crippen LogP contribution in [0.5, 0.6) is 0 Å². The number of rotatable bonds is 13. The Kier molecular flexibility index (Phi) is 15.9. The standard InChI is InChI=1S/C28H40N2O17S2/c1-11(31)29-21-25(44-17(7)37)23(42-15(5)35)19(9-40-13(3)33)46-27(21)48-49(39)28-22(30-12(2)32)26(45-18(8)38)24(43-16(6)36)20(47-28)10-41-14(4)34/h19-28H,9-10H2,1-8H3,(H,29,31)(H,30,32)/t19-,20-,21-,22-,23-,24-,25-,26-,27-,28-,49?/m1/s1. The molecule has 1 unspecified atom stereocenters. The zero-order valence-electron chi connectivity index (χ0n) is 27.9. The molecule has 0 bridgehead atoms. The van der Waals surface area contributed by atoms with Crippen molar-refractivity contribution in [2.75, 3.05) is 13.2 Å². The topological polar surface area (TPSA) is 252 Å². The Morgan fingerprint density at radius 1 is 0.551 bits per heavy atom. The van der Waals surface area contributed by atoms with Crippen molar-refractivity contribution in [3.05, 3.63) is 0 Å². The van der Waals surface area contributed by atoms with E-state index in [1.54, 1.807) is 0 Å². The number of esters is 6. The lowest BCUT2D eigenvalue weighted by molar-refractivity contribution is -0.212. The molecule has 0 radical (unpaired) electrons. The summed E-state index contributed by atoms with van der Waals surface area (Å²) in [4.78, 5) is 96.6. The van der Waals surface area contributed by atoms with Gasteiger partial charge < -0.3 is 48.5 Å². The molecule has 0 aliphatic carbocycles. The molecule has 2 fully saturated rings. The minimum Gasteiger partial charge on any atom is -0.463 e. The third-order valence-electron chi connectivity index (χ3n) is 6.52. The van der Waals surface area contributed by atoms with Gasteiger partial charge in [-0.05, 0) is 10.8 Å². The molecule has 21 heteroatoms. The first kappa shape index (κ1) is 41.4. The zero-order chi connectivity index (χ0) is 37.2. The second-order valence-corrected chi connectivity index (χ2v) is 14.0. The fraction of sp³-hybridized carbons (Fsp3) is 0.714. The first-order valence-corrected chi connectivity index (χ1v) is 17.3. The van der Waals surface area contributed by atoms with Crippen LogP contribution < -0.4 is 10.6 Å². The van der Waals surface area contributed by atoms with Gasteiger partial charge in [0, 0.05) is 55.4 Å². The van der Waals surface area contributed by atoms with E-state index in [9.17, 15) is 42.6 Å². The maximum Gasteiger partial charge on any atom is 0.303 e. The molecule has 2 amide bonds. The largest absolute Gasteiger partial charge is 0.463 e. The predicted octanol–water partition coefficient (Wildman–Crippen LogP) is -1.30. The van der Waals surface area contributed by atoms with E-state index in [0.29, 0.717) is 10.8 Å². The summed E-state index contributed by atoms with van der Waals surface area (Å²) in [6.45, 7) is 7.56. The van der Waals surface area contributed by atoms with Crippen LogP contribution in [0.2, 0.25) is 0 Å². The molecule has 2 heterocycles. The summed E-state index contributed by atoms with van der Waals surface area (Å²) < 4.78 is 58.1. The summed E-state index contributed by atoms with van der Waals surface area (Å²) in [5.41, 5.74) is -3.04. The average molecular weight is 741 g/mol. The van der Waals surface area contributed by atoms with Gasteiger partial charge in [0.2, 0.25) is 11.8 Å².